The van der Waals surface area contributed by atoms with E-state index < -0.39 is 0 Å². The average molecular weight is 332 g/mol. The summed E-state index contributed by atoms with van der Waals surface area (Å²) in [4.78, 5) is 0. The number of hydrogen-bond donors (Lipinski definition) is 1. The van der Waals surface area contributed by atoms with Gasteiger partial charge in [-0.15, -0.1) is 0 Å². The van der Waals surface area contributed by atoms with Crippen LogP contribution in [-0.2, 0) is 0 Å². The zero-order chi connectivity index (χ0) is 16.7. The lowest BCUT2D eigenvalue weighted by Crippen LogP contribution is -2.08. The van der Waals surface area contributed by atoms with Crippen molar-refractivity contribution < 1.29 is 0 Å². The molecular formula is C20H14ClN3. The van der Waals surface area contributed by atoms with Crippen molar-refractivity contribution in [1.29, 1.82) is 5.26 Å². The summed E-state index contributed by atoms with van der Waals surface area (Å²) in [5, 5.41) is 10.5. The molecule has 1 atom stereocenters. The second kappa shape index (κ2) is 5.59. The number of halogens is 1. The summed E-state index contributed by atoms with van der Waals surface area (Å²) in [5.41, 5.74) is 11.3. The minimum atomic E-state index is -0.246. The van der Waals surface area contributed by atoms with Gasteiger partial charge >= 0.3 is 0 Å². The predicted octanol–water partition coefficient (Wildman–Crippen LogP) is 4.47. The van der Waals surface area contributed by atoms with Gasteiger partial charge in [-0.2, -0.15) is 5.26 Å². The molecule has 4 rings (SSSR count). The molecule has 0 aliphatic carbocycles. The van der Waals surface area contributed by atoms with Crippen molar-refractivity contribution in [2.75, 3.05) is 0 Å². The second-order valence-corrected chi connectivity index (χ2v) is 6.19. The van der Waals surface area contributed by atoms with E-state index in [0.717, 1.165) is 22.5 Å². The number of allylic oxidation sites excluding steroid dienone is 1. The predicted molar refractivity (Wildman–Crippen MR) is 95.8 cm³/mol. The lowest BCUT2D eigenvalue weighted by atomic mass is 9.84. The van der Waals surface area contributed by atoms with Crippen molar-refractivity contribution in [3.05, 3.63) is 94.3 Å². The van der Waals surface area contributed by atoms with Crippen LogP contribution in [0.15, 0.2) is 72.4 Å². The molecule has 3 aromatic rings. The van der Waals surface area contributed by atoms with Crippen molar-refractivity contribution in [2.24, 2.45) is 5.73 Å². The lowest BCUT2D eigenvalue weighted by Gasteiger charge is -2.19. The second-order valence-electron chi connectivity index (χ2n) is 5.75. The Balaban J connectivity index is 2.12. The normalized spacial score (nSPS) is 16.1. The van der Waals surface area contributed by atoms with Gasteiger partial charge in [-0.1, -0.05) is 41.9 Å². The first kappa shape index (κ1) is 14.6. The summed E-state index contributed by atoms with van der Waals surface area (Å²) in [6.07, 6.45) is 1.96. The highest BCUT2D eigenvalue weighted by molar-refractivity contribution is 6.30. The molecule has 4 heteroatoms. The Kier molecular flexibility index (Phi) is 3.41. The monoisotopic (exact) mass is 331 g/mol. The van der Waals surface area contributed by atoms with Gasteiger partial charge in [0, 0.05) is 22.8 Å². The highest BCUT2D eigenvalue weighted by Gasteiger charge is 2.29. The molecule has 2 heterocycles. The van der Waals surface area contributed by atoms with Crippen LogP contribution in [0.4, 0.5) is 0 Å². The molecule has 1 aromatic heterocycles. The summed E-state index contributed by atoms with van der Waals surface area (Å²) >= 11 is 6.27. The van der Waals surface area contributed by atoms with Crippen molar-refractivity contribution in [2.45, 2.75) is 5.92 Å². The van der Waals surface area contributed by atoms with Crippen molar-refractivity contribution in [3.8, 4) is 11.8 Å². The first-order valence-corrected chi connectivity index (χ1v) is 8.00. The number of benzene rings is 2. The number of rotatable bonds is 1. The summed E-state index contributed by atoms with van der Waals surface area (Å²) in [5.74, 6) is -0.246. The third kappa shape index (κ3) is 2.12. The van der Waals surface area contributed by atoms with Crippen LogP contribution in [0.1, 0.15) is 22.7 Å². The van der Waals surface area contributed by atoms with Crippen molar-refractivity contribution in [1.82, 2.24) is 4.57 Å². The van der Waals surface area contributed by atoms with Gasteiger partial charge in [-0.3, -0.25) is 0 Å². The van der Waals surface area contributed by atoms with Crippen LogP contribution < -0.4 is 5.73 Å². The topological polar surface area (TPSA) is 54.7 Å². The molecule has 116 valence electrons. The number of nitrogens with zero attached hydrogens (tertiary/aromatic N) is 2. The van der Waals surface area contributed by atoms with Gasteiger partial charge in [0.1, 0.15) is 0 Å². The highest BCUT2D eigenvalue weighted by Crippen LogP contribution is 2.41. The van der Waals surface area contributed by atoms with Crippen LogP contribution in [0.25, 0.3) is 11.4 Å². The van der Waals surface area contributed by atoms with E-state index in [1.807, 2.05) is 71.4 Å². The van der Waals surface area contributed by atoms with Crippen LogP contribution in [0.5, 0.6) is 0 Å². The van der Waals surface area contributed by atoms with Gasteiger partial charge in [-0.05, 0) is 41.5 Å². The Morgan fingerprint density at radius 1 is 1.04 bits per heavy atom. The first-order valence-electron chi connectivity index (χ1n) is 7.63. The summed E-state index contributed by atoms with van der Waals surface area (Å²) < 4.78 is 2.02. The molecule has 0 saturated heterocycles. The molecule has 0 fully saturated rings. The smallest absolute Gasteiger partial charge is 0.0979 e. The zero-order valence-corrected chi connectivity index (χ0v) is 13.5. The van der Waals surface area contributed by atoms with Crippen LogP contribution in [0, 0.1) is 11.3 Å². The molecule has 0 amide bonds. The average Bonchev–Trinajstić information content (AvgIpc) is 3.06. The van der Waals surface area contributed by atoms with Crippen molar-refractivity contribution >= 4 is 17.3 Å². The molecule has 3 nitrogen and oxygen atoms in total. The van der Waals surface area contributed by atoms with Gasteiger partial charge in [0.05, 0.1) is 23.0 Å². The maximum Gasteiger partial charge on any atom is 0.0979 e. The van der Waals surface area contributed by atoms with Gasteiger partial charge in [0.15, 0.2) is 0 Å². The quantitative estimate of drug-likeness (QED) is 0.715. The number of fused-ring (bicyclic) bond motifs is 3. The maximum atomic E-state index is 9.85. The molecular weight excluding hydrogens is 318 g/mol. The van der Waals surface area contributed by atoms with E-state index >= 15 is 0 Å². The fourth-order valence-electron chi connectivity index (χ4n) is 3.35. The maximum absolute atomic E-state index is 9.85. The van der Waals surface area contributed by atoms with Gasteiger partial charge in [0.25, 0.3) is 0 Å². The lowest BCUT2D eigenvalue weighted by molar-refractivity contribution is 0.960. The number of nitrogens with two attached hydrogens (primary N) is 1. The molecule has 1 unspecified atom stereocenters. The van der Waals surface area contributed by atoms with Gasteiger partial charge < -0.3 is 10.3 Å². The molecule has 24 heavy (non-hydrogen) atoms. The SMILES string of the molecule is N#CC1=C(N)c2cccn2-c2ccc(Cl)cc2C1c1ccccc1. The van der Waals surface area contributed by atoms with Crippen LogP contribution in [-0.4, -0.2) is 4.57 Å². The van der Waals surface area contributed by atoms with E-state index in [1.165, 1.54) is 0 Å². The van der Waals surface area contributed by atoms with Gasteiger partial charge in [0.2, 0.25) is 0 Å². The Bertz CT molecular complexity index is 993. The fourth-order valence-corrected chi connectivity index (χ4v) is 3.53. The van der Waals surface area contributed by atoms with Crippen LogP contribution in [0.3, 0.4) is 0 Å². The van der Waals surface area contributed by atoms with E-state index in [-0.39, 0.29) is 5.92 Å². The molecule has 2 aromatic carbocycles. The van der Waals surface area contributed by atoms with Gasteiger partial charge in [-0.25, -0.2) is 0 Å². The minimum absolute atomic E-state index is 0.246. The number of hydrogen-bond acceptors (Lipinski definition) is 2. The summed E-state index contributed by atoms with van der Waals surface area (Å²) in [7, 11) is 0. The third-order valence-electron chi connectivity index (χ3n) is 4.42. The molecule has 0 saturated carbocycles. The largest absolute Gasteiger partial charge is 0.396 e. The Hall–Kier alpha value is -2.96. The van der Waals surface area contributed by atoms with Crippen LogP contribution in [0.2, 0.25) is 5.02 Å². The first-order chi connectivity index (χ1) is 11.7. The molecule has 0 radical (unpaired) electrons. The summed E-state index contributed by atoms with van der Waals surface area (Å²) in [6, 6.07) is 21.9. The number of nitriles is 1. The molecule has 0 spiro atoms. The summed E-state index contributed by atoms with van der Waals surface area (Å²) in [6.45, 7) is 0. The van der Waals surface area contributed by atoms with Crippen LogP contribution >= 0.6 is 11.6 Å². The standard InChI is InChI=1S/C20H14ClN3/c21-14-8-9-17-15(11-14)19(13-5-2-1-3-6-13)16(12-22)20(23)18-7-4-10-24(17)18/h1-11,19H,23H2. The Morgan fingerprint density at radius 2 is 1.83 bits per heavy atom. The Morgan fingerprint density at radius 3 is 2.58 bits per heavy atom. The fraction of sp³-hybridized carbons (Fsp3) is 0.0500. The third-order valence-corrected chi connectivity index (χ3v) is 4.65. The molecule has 0 bridgehead atoms. The van der Waals surface area contributed by atoms with E-state index in [0.29, 0.717) is 16.3 Å². The van der Waals surface area contributed by atoms with Crippen molar-refractivity contribution in [3.63, 3.8) is 0 Å². The molecule has 2 N–H and O–H groups in total. The van der Waals surface area contributed by atoms with E-state index in [2.05, 4.69) is 6.07 Å². The van der Waals surface area contributed by atoms with E-state index in [9.17, 15) is 5.26 Å². The Labute approximate surface area is 145 Å². The zero-order valence-electron chi connectivity index (χ0n) is 12.8. The molecule has 1 aliphatic heterocycles. The molecule has 1 aliphatic rings. The highest BCUT2D eigenvalue weighted by atomic mass is 35.5. The number of aromatic nitrogens is 1. The minimum Gasteiger partial charge on any atom is -0.396 e. The van der Waals surface area contributed by atoms with E-state index in [4.69, 9.17) is 17.3 Å². The van der Waals surface area contributed by atoms with E-state index in [1.54, 1.807) is 0 Å².